The smallest absolute Gasteiger partial charge is 0.268 e. The minimum Gasteiger partial charge on any atom is -0.486 e. The lowest BCUT2D eigenvalue weighted by Gasteiger charge is -2.08. The average Bonchev–Trinajstić information content (AvgIpc) is 2.92. The summed E-state index contributed by atoms with van der Waals surface area (Å²) in [4.78, 5) is 22.5. The molecule has 0 spiro atoms. The van der Waals surface area contributed by atoms with Gasteiger partial charge in [-0.05, 0) is 18.2 Å². The van der Waals surface area contributed by atoms with Crippen LogP contribution in [0.3, 0.4) is 0 Å². The Morgan fingerprint density at radius 1 is 1.33 bits per heavy atom. The Bertz CT molecular complexity index is 651. The van der Waals surface area contributed by atoms with E-state index in [1.54, 1.807) is 24.3 Å². The van der Waals surface area contributed by atoms with Gasteiger partial charge in [0.05, 0.1) is 11.8 Å². The SMILES string of the molecule is CC(=O)Nc1cccc(OCc2occc2C(=O)NN)c1. The summed E-state index contributed by atoms with van der Waals surface area (Å²) in [6.07, 6.45) is 1.39. The van der Waals surface area contributed by atoms with Crippen LogP contribution < -0.4 is 21.3 Å². The van der Waals surface area contributed by atoms with Gasteiger partial charge >= 0.3 is 0 Å². The Labute approximate surface area is 121 Å². The lowest BCUT2D eigenvalue weighted by atomic mass is 10.2. The monoisotopic (exact) mass is 289 g/mol. The fourth-order valence-electron chi connectivity index (χ4n) is 1.75. The first-order valence-corrected chi connectivity index (χ1v) is 6.18. The number of nitrogens with one attached hydrogen (secondary N) is 2. The molecule has 0 unspecified atom stereocenters. The van der Waals surface area contributed by atoms with Gasteiger partial charge in [-0.25, -0.2) is 5.84 Å². The number of ether oxygens (including phenoxy) is 1. The van der Waals surface area contributed by atoms with E-state index in [0.29, 0.717) is 22.8 Å². The highest BCUT2D eigenvalue weighted by molar-refractivity contribution is 5.94. The number of hydrogen-bond acceptors (Lipinski definition) is 5. The Hall–Kier alpha value is -2.80. The highest BCUT2D eigenvalue weighted by atomic mass is 16.5. The molecule has 0 saturated heterocycles. The zero-order chi connectivity index (χ0) is 15.2. The second kappa shape index (κ2) is 6.58. The van der Waals surface area contributed by atoms with Gasteiger partial charge in [-0.1, -0.05) is 6.07 Å². The summed E-state index contributed by atoms with van der Waals surface area (Å²) in [5.41, 5.74) is 2.97. The van der Waals surface area contributed by atoms with E-state index in [1.165, 1.54) is 19.3 Å². The molecule has 110 valence electrons. The molecule has 1 aromatic carbocycles. The fraction of sp³-hybridized carbons (Fsp3) is 0.143. The number of amides is 2. The largest absolute Gasteiger partial charge is 0.486 e. The van der Waals surface area contributed by atoms with Crippen molar-refractivity contribution in [3.63, 3.8) is 0 Å². The number of hydrogen-bond donors (Lipinski definition) is 3. The van der Waals surface area contributed by atoms with Crippen LogP contribution in [0.4, 0.5) is 5.69 Å². The molecule has 0 saturated carbocycles. The van der Waals surface area contributed by atoms with Crippen LogP contribution in [-0.4, -0.2) is 11.8 Å². The van der Waals surface area contributed by atoms with Crippen molar-refractivity contribution in [2.75, 3.05) is 5.32 Å². The number of carbonyl (C=O) groups is 2. The van der Waals surface area contributed by atoms with Crippen LogP contribution in [0.1, 0.15) is 23.0 Å². The molecule has 2 rings (SSSR count). The van der Waals surface area contributed by atoms with Crippen LogP contribution in [0.5, 0.6) is 5.75 Å². The summed E-state index contributed by atoms with van der Waals surface area (Å²) in [7, 11) is 0. The molecule has 21 heavy (non-hydrogen) atoms. The van der Waals surface area contributed by atoms with Crippen molar-refractivity contribution in [3.8, 4) is 5.75 Å². The van der Waals surface area contributed by atoms with E-state index in [0.717, 1.165) is 0 Å². The normalized spacial score (nSPS) is 10.0. The molecule has 7 heteroatoms. The number of rotatable bonds is 5. The van der Waals surface area contributed by atoms with Gasteiger partial charge < -0.3 is 14.5 Å². The second-order valence-electron chi connectivity index (χ2n) is 4.23. The third-order valence-electron chi connectivity index (χ3n) is 2.65. The molecular weight excluding hydrogens is 274 g/mol. The van der Waals surface area contributed by atoms with E-state index in [4.69, 9.17) is 15.0 Å². The summed E-state index contributed by atoms with van der Waals surface area (Å²) in [6, 6.07) is 8.41. The van der Waals surface area contributed by atoms with E-state index >= 15 is 0 Å². The summed E-state index contributed by atoms with van der Waals surface area (Å²) in [5, 5.41) is 2.65. The second-order valence-corrected chi connectivity index (χ2v) is 4.23. The summed E-state index contributed by atoms with van der Waals surface area (Å²) in [5.74, 6) is 5.37. The topological polar surface area (TPSA) is 107 Å². The number of nitrogen functional groups attached to an aromatic ring is 1. The van der Waals surface area contributed by atoms with Gasteiger partial charge in [0.15, 0.2) is 5.76 Å². The van der Waals surface area contributed by atoms with E-state index < -0.39 is 5.91 Å². The van der Waals surface area contributed by atoms with Crippen LogP contribution in [0.25, 0.3) is 0 Å². The lowest BCUT2D eigenvalue weighted by molar-refractivity contribution is -0.114. The van der Waals surface area contributed by atoms with Crippen LogP contribution in [0.2, 0.25) is 0 Å². The third kappa shape index (κ3) is 3.83. The van der Waals surface area contributed by atoms with Crippen molar-refractivity contribution in [3.05, 3.63) is 47.9 Å². The maximum Gasteiger partial charge on any atom is 0.268 e. The average molecular weight is 289 g/mol. The van der Waals surface area contributed by atoms with Crippen LogP contribution in [0.15, 0.2) is 41.0 Å². The first-order chi connectivity index (χ1) is 10.1. The van der Waals surface area contributed by atoms with Crippen molar-refractivity contribution in [1.29, 1.82) is 0 Å². The van der Waals surface area contributed by atoms with Gasteiger partial charge in [0.1, 0.15) is 12.4 Å². The number of hydrazine groups is 1. The summed E-state index contributed by atoms with van der Waals surface area (Å²) < 4.78 is 10.7. The fourth-order valence-corrected chi connectivity index (χ4v) is 1.75. The van der Waals surface area contributed by atoms with Crippen molar-refractivity contribution < 1.29 is 18.7 Å². The Balaban J connectivity index is 2.05. The van der Waals surface area contributed by atoms with E-state index in [9.17, 15) is 9.59 Å². The molecule has 0 aliphatic heterocycles. The van der Waals surface area contributed by atoms with Crippen molar-refractivity contribution >= 4 is 17.5 Å². The first kappa shape index (κ1) is 14.6. The molecular formula is C14H15N3O4. The Kier molecular flexibility index (Phi) is 4.57. The summed E-state index contributed by atoms with van der Waals surface area (Å²) >= 11 is 0. The van der Waals surface area contributed by atoms with Crippen LogP contribution >= 0.6 is 0 Å². The zero-order valence-corrected chi connectivity index (χ0v) is 11.4. The highest BCUT2D eigenvalue weighted by Crippen LogP contribution is 2.20. The molecule has 0 aliphatic carbocycles. The minimum absolute atomic E-state index is 0.0687. The van der Waals surface area contributed by atoms with Gasteiger partial charge in [-0.15, -0.1) is 0 Å². The van der Waals surface area contributed by atoms with E-state index in [1.807, 2.05) is 5.43 Å². The molecule has 7 nitrogen and oxygen atoms in total. The maximum absolute atomic E-state index is 11.5. The van der Waals surface area contributed by atoms with Crippen molar-refractivity contribution in [1.82, 2.24) is 5.43 Å². The van der Waals surface area contributed by atoms with Gasteiger partial charge in [-0.2, -0.15) is 0 Å². The number of carbonyl (C=O) groups excluding carboxylic acids is 2. The maximum atomic E-state index is 11.5. The molecule has 1 heterocycles. The quantitative estimate of drug-likeness (QED) is 0.438. The van der Waals surface area contributed by atoms with E-state index in [2.05, 4.69) is 5.32 Å². The Morgan fingerprint density at radius 2 is 2.14 bits per heavy atom. The molecule has 0 atom stereocenters. The van der Waals surface area contributed by atoms with Gasteiger partial charge in [0.2, 0.25) is 5.91 Å². The van der Waals surface area contributed by atoms with Crippen molar-refractivity contribution in [2.45, 2.75) is 13.5 Å². The van der Waals surface area contributed by atoms with Gasteiger partial charge in [0, 0.05) is 18.7 Å². The molecule has 1 aromatic heterocycles. The van der Waals surface area contributed by atoms with E-state index in [-0.39, 0.29) is 12.5 Å². The van der Waals surface area contributed by atoms with Gasteiger partial charge in [-0.3, -0.25) is 15.0 Å². The Morgan fingerprint density at radius 3 is 2.86 bits per heavy atom. The van der Waals surface area contributed by atoms with Gasteiger partial charge in [0.25, 0.3) is 5.91 Å². The predicted octanol–water partition coefficient (Wildman–Crippen LogP) is 1.42. The number of nitrogens with two attached hydrogens (primary N) is 1. The number of benzene rings is 1. The van der Waals surface area contributed by atoms with Crippen molar-refractivity contribution in [2.24, 2.45) is 5.84 Å². The lowest BCUT2D eigenvalue weighted by Crippen LogP contribution is -2.30. The minimum atomic E-state index is -0.450. The molecule has 0 aliphatic rings. The third-order valence-corrected chi connectivity index (χ3v) is 2.65. The predicted molar refractivity (Wildman–Crippen MR) is 75.4 cm³/mol. The molecule has 0 bridgehead atoms. The molecule has 0 radical (unpaired) electrons. The first-order valence-electron chi connectivity index (χ1n) is 6.18. The molecule has 2 amide bonds. The number of furan rings is 1. The highest BCUT2D eigenvalue weighted by Gasteiger charge is 2.14. The molecule has 4 N–H and O–H groups in total. The molecule has 0 fully saturated rings. The zero-order valence-electron chi connectivity index (χ0n) is 11.4. The van der Waals surface area contributed by atoms with Crippen LogP contribution in [0, 0.1) is 0 Å². The molecule has 2 aromatic rings. The number of anilines is 1. The summed E-state index contributed by atoms with van der Waals surface area (Å²) in [6.45, 7) is 1.49. The van der Waals surface area contributed by atoms with Crippen LogP contribution in [-0.2, 0) is 11.4 Å². The standard InChI is InChI=1S/C14H15N3O4/c1-9(18)16-10-3-2-4-11(7-10)21-8-13-12(5-6-20-13)14(19)17-15/h2-7H,8,15H2,1H3,(H,16,18)(H,17,19).